The Morgan fingerprint density at radius 3 is 2.18 bits per heavy atom. The number of unbranched alkanes of at least 4 members (excludes halogenated alkanes) is 1. The molecule has 2 aromatic carbocycles. The van der Waals surface area contributed by atoms with Crippen LogP contribution in [0.2, 0.25) is 0 Å². The zero-order valence-corrected chi connectivity index (χ0v) is 20.1. The van der Waals surface area contributed by atoms with Crippen molar-refractivity contribution in [3.05, 3.63) is 64.7 Å². The Balaban J connectivity index is 1.68. The third-order valence-electron chi connectivity index (χ3n) is 6.46. The lowest BCUT2D eigenvalue weighted by Crippen LogP contribution is -2.52. The van der Waals surface area contributed by atoms with Crippen molar-refractivity contribution in [1.82, 2.24) is 4.90 Å². The molecule has 0 aromatic heterocycles. The first-order valence-electron chi connectivity index (χ1n) is 11.8. The molecule has 1 aliphatic rings. The minimum Gasteiger partial charge on any atom is -0.368 e. The van der Waals surface area contributed by atoms with E-state index in [1.165, 1.54) is 17.7 Å². The van der Waals surface area contributed by atoms with E-state index in [4.69, 9.17) is 0 Å². The standard InChI is InChI=1S/C27H35F3N2O/c1-5-6-7-22-18-23(27(28,29)30)12-13-24(22)31-14-16-32(17-15-31)25(33)26(3,4)19-21-10-8-20(2)9-11-21/h8-13,18H,5-7,14-17,19H2,1-4H3. The second-order valence-corrected chi connectivity index (χ2v) is 9.77. The van der Waals surface area contributed by atoms with Crippen LogP contribution in [0.15, 0.2) is 42.5 Å². The molecule has 0 atom stereocenters. The molecule has 0 spiro atoms. The number of hydrogen-bond acceptors (Lipinski definition) is 2. The number of piperazine rings is 1. The van der Waals surface area contributed by atoms with Crippen molar-refractivity contribution in [1.29, 1.82) is 0 Å². The van der Waals surface area contributed by atoms with Crippen LogP contribution in [0.3, 0.4) is 0 Å². The van der Waals surface area contributed by atoms with Gasteiger partial charge in [0.25, 0.3) is 0 Å². The smallest absolute Gasteiger partial charge is 0.368 e. The second kappa shape index (κ2) is 10.2. The Labute approximate surface area is 195 Å². The van der Waals surface area contributed by atoms with Crippen molar-refractivity contribution < 1.29 is 18.0 Å². The van der Waals surface area contributed by atoms with Gasteiger partial charge in [0.1, 0.15) is 0 Å². The van der Waals surface area contributed by atoms with E-state index in [0.717, 1.165) is 29.7 Å². The molecule has 0 bridgehead atoms. The number of hydrogen-bond donors (Lipinski definition) is 0. The maximum Gasteiger partial charge on any atom is 0.416 e. The highest BCUT2D eigenvalue weighted by Gasteiger charge is 2.35. The quantitative estimate of drug-likeness (QED) is 0.486. The maximum atomic E-state index is 13.3. The van der Waals surface area contributed by atoms with Crippen LogP contribution in [0, 0.1) is 12.3 Å². The van der Waals surface area contributed by atoms with Gasteiger partial charge in [0, 0.05) is 37.3 Å². The number of rotatable bonds is 7. The molecular formula is C27H35F3N2O. The molecule has 1 fully saturated rings. The van der Waals surface area contributed by atoms with Gasteiger partial charge >= 0.3 is 6.18 Å². The minimum absolute atomic E-state index is 0.126. The number of aryl methyl sites for hydroxylation is 2. The van der Waals surface area contributed by atoms with Gasteiger partial charge in [-0.1, -0.05) is 57.0 Å². The number of halogens is 3. The van der Waals surface area contributed by atoms with E-state index in [2.05, 4.69) is 29.2 Å². The molecule has 1 saturated heterocycles. The summed E-state index contributed by atoms with van der Waals surface area (Å²) in [6.07, 6.45) is -1.27. The molecule has 33 heavy (non-hydrogen) atoms. The van der Waals surface area contributed by atoms with Crippen LogP contribution in [0.5, 0.6) is 0 Å². The molecule has 2 aromatic rings. The number of amides is 1. The monoisotopic (exact) mass is 460 g/mol. The molecular weight excluding hydrogens is 425 g/mol. The van der Waals surface area contributed by atoms with E-state index in [-0.39, 0.29) is 5.91 Å². The predicted molar refractivity (Wildman–Crippen MR) is 128 cm³/mol. The first-order chi connectivity index (χ1) is 15.5. The normalized spacial score (nSPS) is 15.1. The molecule has 180 valence electrons. The van der Waals surface area contributed by atoms with E-state index in [0.29, 0.717) is 39.0 Å². The fourth-order valence-electron chi connectivity index (χ4n) is 4.51. The van der Waals surface area contributed by atoms with Gasteiger partial charge in [0.2, 0.25) is 5.91 Å². The molecule has 6 heteroatoms. The Morgan fingerprint density at radius 2 is 1.61 bits per heavy atom. The summed E-state index contributed by atoms with van der Waals surface area (Å²) in [4.78, 5) is 17.3. The van der Waals surface area contributed by atoms with E-state index >= 15 is 0 Å². The van der Waals surface area contributed by atoms with Gasteiger partial charge in [0.15, 0.2) is 0 Å². The SMILES string of the molecule is CCCCc1cc(C(F)(F)F)ccc1N1CCN(C(=O)C(C)(C)Cc2ccc(C)cc2)CC1. The summed E-state index contributed by atoms with van der Waals surface area (Å²) < 4.78 is 39.7. The number of alkyl halides is 3. The summed E-state index contributed by atoms with van der Waals surface area (Å²) in [6.45, 7) is 10.4. The van der Waals surface area contributed by atoms with Crippen molar-refractivity contribution in [3.63, 3.8) is 0 Å². The van der Waals surface area contributed by atoms with E-state index in [1.807, 2.05) is 32.6 Å². The van der Waals surface area contributed by atoms with Crippen LogP contribution >= 0.6 is 0 Å². The van der Waals surface area contributed by atoms with Crippen LogP contribution < -0.4 is 4.90 Å². The highest BCUT2D eigenvalue weighted by molar-refractivity contribution is 5.82. The molecule has 1 amide bonds. The highest BCUT2D eigenvalue weighted by Crippen LogP contribution is 2.34. The van der Waals surface area contributed by atoms with Crippen molar-refractivity contribution >= 4 is 11.6 Å². The zero-order valence-electron chi connectivity index (χ0n) is 20.1. The van der Waals surface area contributed by atoms with Crippen molar-refractivity contribution in [2.45, 2.75) is 59.6 Å². The Kier molecular flexibility index (Phi) is 7.76. The van der Waals surface area contributed by atoms with Gasteiger partial charge in [-0.05, 0) is 55.5 Å². The topological polar surface area (TPSA) is 23.6 Å². The van der Waals surface area contributed by atoms with Gasteiger partial charge in [-0.15, -0.1) is 0 Å². The largest absolute Gasteiger partial charge is 0.416 e. The van der Waals surface area contributed by atoms with Crippen molar-refractivity contribution in [2.75, 3.05) is 31.1 Å². The fraction of sp³-hybridized carbons (Fsp3) is 0.519. The van der Waals surface area contributed by atoms with Crippen LogP contribution in [-0.2, 0) is 23.8 Å². The number of carbonyl (C=O) groups is 1. The molecule has 3 nitrogen and oxygen atoms in total. The van der Waals surface area contributed by atoms with E-state index < -0.39 is 17.2 Å². The van der Waals surface area contributed by atoms with E-state index in [9.17, 15) is 18.0 Å². The average Bonchev–Trinajstić information content (AvgIpc) is 2.78. The number of carbonyl (C=O) groups excluding carboxylic acids is 1. The first kappa shape index (κ1) is 25.1. The molecule has 3 rings (SSSR count). The summed E-state index contributed by atoms with van der Waals surface area (Å²) in [5, 5.41) is 0. The lowest BCUT2D eigenvalue weighted by atomic mass is 9.84. The van der Waals surface area contributed by atoms with Crippen LogP contribution in [0.1, 0.15) is 55.9 Å². The maximum absolute atomic E-state index is 13.3. The van der Waals surface area contributed by atoms with Gasteiger partial charge in [-0.2, -0.15) is 13.2 Å². The molecule has 0 radical (unpaired) electrons. The Hall–Kier alpha value is -2.50. The van der Waals surface area contributed by atoms with Crippen molar-refractivity contribution in [3.8, 4) is 0 Å². The molecule has 0 aliphatic carbocycles. The minimum atomic E-state index is -4.34. The van der Waals surface area contributed by atoms with Gasteiger partial charge in [0.05, 0.1) is 5.56 Å². The number of nitrogens with zero attached hydrogens (tertiary/aromatic N) is 2. The second-order valence-electron chi connectivity index (χ2n) is 9.77. The van der Waals surface area contributed by atoms with Crippen molar-refractivity contribution in [2.24, 2.45) is 5.41 Å². The molecule has 0 unspecified atom stereocenters. The average molecular weight is 461 g/mol. The summed E-state index contributed by atoms with van der Waals surface area (Å²) >= 11 is 0. The zero-order chi connectivity index (χ0) is 24.2. The first-order valence-corrected chi connectivity index (χ1v) is 11.8. The third kappa shape index (κ3) is 6.30. The molecule has 1 heterocycles. The number of benzene rings is 2. The lowest BCUT2D eigenvalue weighted by molar-refractivity contribution is -0.140. The van der Waals surface area contributed by atoms with Crippen LogP contribution in [0.25, 0.3) is 0 Å². The number of anilines is 1. The molecule has 0 N–H and O–H groups in total. The fourth-order valence-corrected chi connectivity index (χ4v) is 4.51. The lowest BCUT2D eigenvalue weighted by Gasteiger charge is -2.40. The Bertz CT molecular complexity index is 943. The van der Waals surface area contributed by atoms with E-state index in [1.54, 1.807) is 6.07 Å². The third-order valence-corrected chi connectivity index (χ3v) is 6.46. The van der Waals surface area contributed by atoms with Gasteiger partial charge in [-0.3, -0.25) is 4.79 Å². The summed E-state index contributed by atoms with van der Waals surface area (Å²) in [6, 6.07) is 12.4. The highest BCUT2D eigenvalue weighted by atomic mass is 19.4. The van der Waals surface area contributed by atoms with Crippen LogP contribution in [-0.4, -0.2) is 37.0 Å². The van der Waals surface area contributed by atoms with Gasteiger partial charge in [-0.25, -0.2) is 0 Å². The Morgan fingerprint density at radius 1 is 0.970 bits per heavy atom. The predicted octanol–water partition coefficient (Wildman–Crippen LogP) is 6.27. The molecule has 1 aliphatic heterocycles. The molecule has 0 saturated carbocycles. The van der Waals surface area contributed by atoms with Crippen LogP contribution in [0.4, 0.5) is 18.9 Å². The van der Waals surface area contributed by atoms with Gasteiger partial charge < -0.3 is 9.80 Å². The summed E-state index contributed by atoms with van der Waals surface area (Å²) in [7, 11) is 0. The summed E-state index contributed by atoms with van der Waals surface area (Å²) in [5.41, 5.74) is 2.83. The summed E-state index contributed by atoms with van der Waals surface area (Å²) in [5.74, 6) is 0.126.